The number of carbonyl (C=O) groups excluding carboxylic acids is 1. The summed E-state index contributed by atoms with van der Waals surface area (Å²) in [6.45, 7) is 0. The number of nitrogens with zero attached hydrogens (tertiary/aromatic N) is 1. The van der Waals surface area contributed by atoms with Crippen molar-refractivity contribution in [2.75, 3.05) is 5.32 Å². The lowest BCUT2D eigenvalue weighted by Crippen LogP contribution is -2.12. The van der Waals surface area contributed by atoms with E-state index in [9.17, 15) is 19.3 Å². The zero-order chi connectivity index (χ0) is 14.0. The zero-order valence-corrected chi connectivity index (χ0v) is 9.98. The number of amides is 1. The Bertz CT molecular complexity index is 656. The molecule has 0 aliphatic carbocycles. The predicted octanol–water partition coefficient (Wildman–Crippen LogP) is 3.23. The fraction of sp³-hybridized carbons (Fsp3) is 0. The van der Waals surface area contributed by atoms with Crippen molar-refractivity contribution in [2.24, 2.45) is 0 Å². The summed E-state index contributed by atoms with van der Waals surface area (Å²) in [5.74, 6) is -1.52. The first-order valence-corrected chi connectivity index (χ1v) is 5.35. The normalized spacial score (nSPS) is 10.2. The van der Waals surface area contributed by atoms with Gasteiger partial charge in [-0.2, -0.15) is 0 Å². The summed E-state index contributed by atoms with van der Waals surface area (Å²) >= 11 is 5.59. The van der Waals surface area contributed by atoms with Crippen molar-refractivity contribution in [3.8, 4) is 0 Å². The molecule has 1 amide bonds. The summed E-state index contributed by atoms with van der Waals surface area (Å²) in [7, 11) is 0. The van der Waals surface area contributed by atoms with E-state index < -0.39 is 16.6 Å². The summed E-state index contributed by atoms with van der Waals surface area (Å²) in [5.41, 5.74) is -0.640. The molecule has 0 radical (unpaired) electrons. The SMILES string of the molecule is O=C(Nc1cc([N+](=O)[O-])ccc1F)c1ccoc1Cl. The average Bonchev–Trinajstić information content (AvgIpc) is 2.78. The molecule has 1 N–H and O–H groups in total. The van der Waals surface area contributed by atoms with Gasteiger partial charge in [0.2, 0.25) is 5.22 Å². The molecule has 1 heterocycles. The van der Waals surface area contributed by atoms with E-state index in [2.05, 4.69) is 5.32 Å². The first-order valence-electron chi connectivity index (χ1n) is 4.97. The van der Waals surface area contributed by atoms with Crippen LogP contribution in [0.2, 0.25) is 5.22 Å². The minimum Gasteiger partial charge on any atom is -0.452 e. The summed E-state index contributed by atoms with van der Waals surface area (Å²) < 4.78 is 18.2. The number of halogens is 2. The standard InChI is InChI=1S/C11H6ClFN2O4/c12-10-7(3-4-19-10)11(16)14-9-5-6(15(17)18)1-2-8(9)13/h1-5H,(H,14,16). The van der Waals surface area contributed by atoms with Crippen LogP contribution in [-0.4, -0.2) is 10.8 Å². The fourth-order valence-electron chi connectivity index (χ4n) is 1.37. The highest BCUT2D eigenvalue weighted by Gasteiger charge is 2.17. The number of hydrogen-bond acceptors (Lipinski definition) is 4. The van der Waals surface area contributed by atoms with Gasteiger partial charge in [-0.25, -0.2) is 4.39 Å². The van der Waals surface area contributed by atoms with Crippen LogP contribution in [-0.2, 0) is 0 Å². The van der Waals surface area contributed by atoms with Crippen molar-refractivity contribution < 1.29 is 18.5 Å². The predicted molar refractivity (Wildman–Crippen MR) is 64.7 cm³/mol. The first kappa shape index (κ1) is 13.0. The molecule has 8 heteroatoms. The second-order valence-electron chi connectivity index (χ2n) is 3.48. The topological polar surface area (TPSA) is 85.4 Å². The van der Waals surface area contributed by atoms with Crippen LogP contribution in [0.1, 0.15) is 10.4 Å². The molecule has 0 bridgehead atoms. The third-order valence-electron chi connectivity index (χ3n) is 2.27. The molecule has 0 saturated heterocycles. The Morgan fingerprint density at radius 2 is 2.16 bits per heavy atom. The van der Waals surface area contributed by atoms with Gasteiger partial charge >= 0.3 is 0 Å². The maximum absolute atomic E-state index is 13.4. The summed E-state index contributed by atoms with van der Waals surface area (Å²) in [6, 6.07) is 4.11. The van der Waals surface area contributed by atoms with Crippen molar-refractivity contribution in [3.05, 3.63) is 57.2 Å². The highest BCUT2D eigenvalue weighted by molar-refractivity contribution is 6.32. The molecule has 2 aromatic rings. The van der Waals surface area contributed by atoms with Crippen LogP contribution in [0.4, 0.5) is 15.8 Å². The number of anilines is 1. The molecule has 1 aromatic carbocycles. The highest BCUT2D eigenvalue weighted by Crippen LogP contribution is 2.23. The van der Waals surface area contributed by atoms with Crippen molar-refractivity contribution >= 4 is 28.9 Å². The first-order chi connectivity index (χ1) is 8.99. The van der Waals surface area contributed by atoms with Crippen LogP contribution < -0.4 is 5.32 Å². The van der Waals surface area contributed by atoms with Crippen molar-refractivity contribution in [3.63, 3.8) is 0 Å². The van der Waals surface area contributed by atoms with E-state index in [1.54, 1.807) is 0 Å². The van der Waals surface area contributed by atoms with Crippen molar-refractivity contribution in [2.45, 2.75) is 0 Å². The van der Waals surface area contributed by atoms with E-state index in [1.165, 1.54) is 12.3 Å². The molecule has 0 saturated carbocycles. The lowest BCUT2D eigenvalue weighted by molar-refractivity contribution is -0.384. The molecule has 6 nitrogen and oxygen atoms in total. The number of hydrogen-bond donors (Lipinski definition) is 1. The molecule has 0 unspecified atom stereocenters. The minimum absolute atomic E-state index is 0.00701. The Morgan fingerprint density at radius 3 is 2.74 bits per heavy atom. The maximum atomic E-state index is 13.4. The molecular weight excluding hydrogens is 279 g/mol. The van der Waals surface area contributed by atoms with Gasteiger partial charge in [-0.1, -0.05) is 0 Å². The van der Waals surface area contributed by atoms with Gasteiger partial charge < -0.3 is 9.73 Å². The molecular formula is C11H6ClFN2O4. The minimum atomic E-state index is -0.793. The van der Waals surface area contributed by atoms with Crippen LogP contribution in [0.25, 0.3) is 0 Å². The zero-order valence-electron chi connectivity index (χ0n) is 9.22. The van der Waals surface area contributed by atoms with E-state index in [-0.39, 0.29) is 22.2 Å². The number of non-ortho nitro benzene ring substituents is 1. The van der Waals surface area contributed by atoms with E-state index in [1.807, 2.05) is 0 Å². The molecule has 2 rings (SSSR count). The number of nitro benzene ring substituents is 1. The molecule has 98 valence electrons. The summed E-state index contributed by atoms with van der Waals surface area (Å²) in [4.78, 5) is 21.6. The Balaban J connectivity index is 2.28. The molecule has 0 fully saturated rings. The van der Waals surface area contributed by atoms with Gasteiger partial charge in [0.05, 0.1) is 22.4 Å². The van der Waals surface area contributed by atoms with Crippen molar-refractivity contribution in [1.82, 2.24) is 0 Å². The van der Waals surface area contributed by atoms with Gasteiger partial charge in [-0.05, 0) is 23.7 Å². The van der Waals surface area contributed by atoms with E-state index in [0.717, 1.165) is 18.2 Å². The smallest absolute Gasteiger partial charge is 0.271 e. The highest BCUT2D eigenvalue weighted by atomic mass is 35.5. The van der Waals surface area contributed by atoms with Gasteiger partial charge in [0.25, 0.3) is 11.6 Å². The van der Waals surface area contributed by atoms with E-state index in [4.69, 9.17) is 16.0 Å². The summed E-state index contributed by atoms with van der Waals surface area (Å²) in [6.07, 6.45) is 1.20. The van der Waals surface area contributed by atoms with Crippen LogP contribution in [0.3, 0.4) is 0 Å². The van der Waals surface area contributed by atoms with Gasteiger partial charge in [-0.15, -0.1) is 0 Å². The number of carbonyl (C=O) groups is 1. The molecule has 0 aliphatic heterocycles. The molecule has 0 atom stereocenters. The van der Waals surface area contributed by atoms with Crippen LogP contribution in [0, 0.1) is 15.9 Å². The largest absolute Gasteiger partial charge is 0.452 e. The van der Waals surface area contributed by atoms with Crippen LogP contribution >= 0.6 is 11.6 Å². The monoisotopic (exact) mass is 284 g/mol. The lowest BCUT2D eigenvalue weighted by atomic mass is 10.2. The second-order valence-corrected chi connectivity index (χ2v) is 3.83. The van der Waals surface area contributed by atoms with E-state index >= 15 is 0 Å². The summed E-state index contributed by atoms with van der Waals surface area (Å²) in [5, 5.41) is 12.6. The van der Waals surface area contributed by atoms with Gasteiger partial charge in [0.15, 0.2) is 0 Å². The Morgan fingerprint density at radius 1 is 1.42 bits per heavy atom. The molecule has 0 aliphatic rings. The number of nitro groups is 1. The quantitative estimate of drug-likeness (QED) is 0.692. The van der Waals surface area contributed by atoms with Crippen LogP contribution in [0.5, 0.6) is 0 Å². The Kier molecular flexibility index (Phi) is 3.48. The van der Waals surface area contributed by atoms with Gasteiger partial charge in [0, 0.05) is 12.1 Å². The van der Waals surface area contributed by atoms with Gasteiger partial charge in [0.1, 0.15) is 5.82 Å². The Hall–Kier alpha value is -2.41. The Labute approximate surface area is 110 Å². The molecule has 0 spiro atoms. The third kappa shape index (κ3) is 2.71. The third-order valence-corrected chi connectivity index (χ3v) is 2.56. The fourth-order valence-corrected chi connectivity index (χ4v) is 1.57. The number of nitrogens with one attached hydrogen (secondary N) is 1. The number of furan rings is 1. The second kappa shape index (κ2) is 5.07. The number of rotatable bonds is 3. The molecule has 19 heavy (non-hydrogen) atoms. The maximum Gasteiger partial charge on any atom is 0.271 e. The van der Waals surface area contributed by atoms with Gasteiger partial charge in [-0.3, -0.25) is 14.9 Å². The van der Waals surface area contributed by atoms with Crippen molar-refractivity contribution in [1.29, 1.82) is 0 Å². The van der Waals surface area contributed by atoms with E-state index in [0.29, 0.717) is 0 Å². The molecule has 1 aromatic heterocycles. The van der Waals surface area contributed by atoms with Crippen LogP contribution in [0.15, 0.2) is 34.9 Å². The number of benzene rings is 1. The average molecular weight is 285 g/mol. The lowest BCUT2D eigenvalue weighted by Gasteiger charge is -2.05.